The lowest BCUT2D eigenvalue weighted by Gasteiger charge is -2.42. The molecule has 2 aliphatic rings. The second-order valence-electron chi connectivity index (χ2n) is 9.31. The van der Waals surface area contributed by atoms with E-state index < -0.39 is 35.6 Å². The Morgan fingerprint density at radius 3 is 2.65 bits per heavy atom. The zero-order chi connectivity index (χ0) is 26.2. The van der Waals surface area contributed by atoms with Gasteiger partial charge in [-0.15, -0.1) is 0 Å². The summed E-state index contributed by atoms with van der Waals surface area (Å²) in [5.74, 6) is -0.494. The summed E-state index contributed by atoms with van der Waals surface area (Å²) in [6.45, 7) is 2.25. The molecular weight excluding hydrogens is 480 g/mol. The molecule has 1 spiro atoms. The summed E-state index contributed by atoms with van der Waals surface area (Å²) in [6.07, 6.45) is -0.525. The average molecular weight is 509 g/mol. The fourth-order valence-corrected chi connectivity index (χ4v) is 4.81. The molecule has 3 amide bonds. The summed E-state index contributed by atoms with van der Waals surface area (Å²) in [5, 5.41) is 17.2. The Hall–Kier alpha value is -4.12. The van der Waals surface area contributed by atoms with Gasteiger partial charge < -0.3 is 29.3 Å². The van der Waals surface area contributed by atoms with Crippen molar-refractivity contribution < 1.29 is 33.5 Å². The van der Waals surface area contributed by atoms with Crippen LogP contribution >= 0.6 is 0 Å². The van der Waals surface area contributed by atoms with Gasteiger partial charge in [-0.2, -0.15) is 0 Å². The van der Waals surface area contributed by atoms with E-state index in [1.807, 2.05) is 30.3 Å². The highest BCUT2D eigenvalue weighted by molar-refractivity contribution is 6.03. The van der Waals surface area contributed by atoms with Gasteiger partial charge in [-0.05, 0) is 31.2 Å². The van der Waals surface area contributed by atoms with Gasteiger partial charge in [-0.1, -0.05) is 29.4 Å². The molecule has 3 aromatic rings. The van der Waals surface area contributed by atoms with Crippen LogP contribution in [-0.4, -0.2) is 71.0 Å². The van der Waals surface area contributed by atoms with Crippen LogP contribution in [0, 0.1) is 0 Å². The maximum Gasteiger partial charge on any atom is 0.407 e. The molecule has 11 nitrogen and oxygen atoms in total. The number of anilines is 1. The van der Waals surface area contributed by atoms with Gasteiger partial charge in [-0.3, -0.25) is 14.5 Å². The number of nitrogens with zero attached hydrogens (tertiary/aromatic N) is 3. The lowest BCUT2D eigenvalue weighted by molar-refractivity contribution is -0.139. The fraction of sp³-hybridized carbons (Fsp3) is 0.385. The predicted octanol–water partition coefficient (Wildman–Crippen LogP) is 2.79. The zero-order valence-electron chi connectivity index (χ0n) is 20.5. The molecule has 1 saturated heterocycles. The molecule has 1 aromatic heterocycles. The smallest absolute Gasteiger partial charge is 0.407 e. The molecule has 2 N–H and O–H groups in total. The number of aromatic nitrogens is 1. The SMILES string of the molecule is C[C@@H](C(=O)N[C@@H]1C(=O)N(Cc2noc3ccccc23)c2ccccc2OC12CCOCC2)N(C)C(=O)O. The molecule has 2 atom stereocenters. The summed E-state index contributed by atoms with van der Waals surface area (Å²) in [5.41, 5.74) is 0.618. The van der Waals surface area contributed by atoms with Gasteiger partial charge in [0, 0.05) is 25.3 Å². The number of benzene rings is 2. The average Bonchev–Trinajstić information content (AvgIpc) is 3.29. The van der Waals surface area contributed by atoms with Gasteiger partial charge in [0.15, 0.2) is 5.58 Å². The summed E-state index contributed by atoms with van der Waals surface area (Å²) < 4.78 is 17.6. The number of hydrogen-bond donors (Lipinski definition) is 2. The van der Waals surface area contributed by atoms with Crippen molar-refractivity contribution in [3.05, 3.63) is 54.2 Å². The summed E-state index contributed by atoms with van der Waals surface area (Å²) >= 11 is 0. The molecule has 0 aliphatic carbocycles. The molecule has 2 aliphatic heterocycles. The monoisotopic (exact) mass is 508 g/mol. The van der Waals surface area contributed by atoms with Gasteiger partial charge in [-0.25, -0.2) is 4.79 Å². The Bertz CT molecular complexity index is 1330. The quantitative estimate of drug-likeness (QED) is 0.537. The number of nitrogens with one attached hydrogen (secondary N) is 1. The van der Waals surface area contributed by atoms with Crippen molar-refractivity contribution in [2.45, 2.75) is 44.0 Å². The number of amides is 3. The van der Waals surface area contributed by atoms with E-state index in [2.05, 4.69) is 10.5 Å². The lowest BCUT2D eigenvalue weighted by atomic mass is 9.84. The standard InChI is InChI=1S/C26H28N4O7/c1-16(29(2)25(33)34)23(31)27-22-24(32)30(15-18-17-7-3-5-9-20(17)37-28-18)19-8-4-6-10-21(19)36-26(22)11-13-35-14-12-26/h3-10,16,22H,11-15H2,1-2H3,(H,27,31)(H,33,34)/t16-,22+/m0/s1. The Kier molecular flexibility index (Phi) is 6.46. The summed E-state index contributed by atoms with van der Waals surface area (Å²) in [6, 6.07) is 12.5. The maximum absolute atomic E-state index is 14.3. The van der Waals surface area contributed by atoms with E-state index in [1.165, 1.54) is 14.0 Å². The number of carboxylic acid groups (broad SMARTS) is 1. The first kappa shape index (κ1) is 24.6. The van der Waals surface area contributed by atoms with Crippen LogP contribution in [0.2, 0.25) is 0 Å². The minimum Gasteiger partial charge on any atom is -0.482 e. The fourth-order valence-electron chi connectivity index (χ4n) is 4.81. The highest BCUT2D eigenvalue weighted by atomic mass is 16.5. The van der Waals surface area contributed by atoms with Crippen molar-refractivity contribution in [3.63, 3.8) is 0 Å². The number of carbonyl (C=O) groups is 3. The van der Waals surface area contributed by atoms with E-state index in [0.717, 1.165) is 10.3 Å². The van der Waals surface area contributed by atoms with E-state index in [1.54, 1.807) is 23.1 Å². The molecule has 194 valence electrons. The molecule has 2 aromatic carbocycles. The first-order valence-electron chi connectivity index (χ1n) is 12.1. The molecule has 1 fully saturated rings. The van der Waals surface area contributed by atoms with E-state index in [-0.39, 0.29) is 6.54 Å². The predicted molar refractivity (Wildman–Crippen MR) is 132 cm³/mol. The molecule has 0 saturated carbocycles. The van der Waals surface area contributed by atoms with Gasteiger partial charge in [0.1, 0.15) is 29.1 Å². The number of para-hydroxylation sites is 3. The van der Waals surface area contributed by atoms with Gasteiger partial charge in [0.25, 0.3) is 5.91 Å². The van der Waals surface area contributed by atoms with Crippen molar-refractivity contribution in [2.24, 2.45) is 0 Å². The van der Waals surface area contributed by atoms with E-state index in [0.29, 0.717) is 48.8 Å². The van der Waals surface area contributed by atoms with Crippen LogP contribution in [0.15, 0.2) is 53.1 Å². The molecule has 0 unspecified atom stereocenters. The highest BCUT2D eigenvalue weighted by Gasteiger charge is 2.52. The third-order valence-electron chi connectivity index (χ3n) is 7.16. The largest absolute Gasteiger partial charge is 0.482 e. The lowest BCUT2D eigenvalue weighted by Crippen LogP contribution is -2.65. The maximum atomic E-state index is 14.3. The molecule has 5 rings (SSSR count). The second kappa shape index (κ2) is 9.74. The van der Waals surface area contributed by atoms with Gasteiger partial charge in [0.05, 0.1) is 25.4 Å². The zero-order valence-corrected chi connectivity index (χ0v) is 20.5. The Labute approximate surface area is 212 Å². The van der Waals surface area contributed by atoms with E-state index >= 15 is 0 Å². The number of likely N-dealkylation sites (N-methyl/N-ethyl adjacent to an activating group) is 1. The third kappa shape index (κ3) is 4.46. The molecule has 37 heavy (non-hydrogen) atoms. The molecule has 11 heteroatoms. The number of ether oxygens (including phenoxy) is 2. The normalized spacial score (nSPS) is 19.6. The molecular formula is C26H28N4O7. The highest BCUT2D eigenvalue weighted by Crippen LogP contribution is 2.41. The number of carbonyl (C=O) groups excluding carboxylic acids is 2. The van der Waals surface area contributed by atoms with Crippen molar-refractivity contribution in [1.82, 2.24) is 15.4 Å². The number of hydrogen-bond acceptors (Lipinski definition) is 7. The van der Waals surface area contributed by atoms with Crippen LogP contribution < -0.4 is 15.0 Å². The van der Waals surface area contributed by atoms with Crippen LogP contribution in [0.5, 0.6) is 5.75 Å². The topological polar surface area (TPSA) is 134 Å². The first-order valence-corrected chi connectivity index (χ1v) is 12.1. The third-order valence-corrected chi connectivity index (χ3v) is 7.16. The summed E-state index contributed by atoms with van der Waals surface area (Å²) in [4.78, 5) is 41.4. The van der Waals surface area contributed by atoms with Gasteiger partial charge in [0.2, 0.25) is 5.91 Å². The Balaban J connectivity index is 1.56. The van der Waals surface area contributed by atoms with Crippen molar-refractivity contribution >= 4 is 34.6 Å². The minimum absolute atomic E-state index is 0.0831. The van der Waals surface area contributed by atoms with Crippen LogP contribution in [0.4, 0.5) is 10.5 Å². The van der Waals surface area contributed by atoms with Crippen LogP contribution in [0.3, 0.4) is 0 Å². The Morgan fingerprint density at radius 1 is 1.19 bits per heavy atom. The molecule has 0 bridgehead atoms. The molecule has 3 heterocycles. The van der Waals surface area contributed by atoms with E-state index in [4.69, 9.17) is 14.0 Å². The van der Waals surface area contributed by atoms with Crippen LogP contribution in [0.1, 0.15) is 25.5 Å². The van der Waals surface area contributed by atoms with Crippen LogP contribution in [-0.2, 0) is 20.9 Å². The van der Waals surface area contributed by atoms with E-state index in [9.17, 15) is 19.5 Å². The summed E-state index contributed by atoms with van der Waals surface area (Å²) in [7, 11) is 1.31. The number of rotatable bonds is 5. The Morgan fingerprint density at radius 2 is 1.89 bits per heavy atom. The first-order chi connectivity index (χ1) is 17.8. The second-order valence-corrected chi connectivity index (χ2v) is 9.31. The minimum atomic E-state index is -1.25. The van der Waals surface area contributed by atoms with Crippen LogP contribution in [0.25, 0.3) is 11.0 Å². The van der Waals surface area contributed by atoms with Crippen molar-refractivity contribution in [2.75, 3.05) is 25.2 Å². The van der Waals surface area contributed by atoms with Crippen molar-refractivity contribution in [3.8, 4) is 5.75 Å². The van der Waals surface area contributed by atoms with Crippen molar-refractivity contribution in [1.29, 1.82) is 0 Å². The molecule has 0 radical (unpaired) electrons. The van der Waals surface area contributed by atoms with Gasteiger partial charge >= 0.3 is 6.09 Å². The number of fused-ring (bicyclic) bond motifs is 2.